The number of hydrogen-bond donors (Lipinski definition) is 1. The zero-order chi connectivity index (χ0) is 12.6. The molecule has 17 heavy (non-hydrogen) atoms. The number of aryl methyl sites for hydroxylation is 2. The number of thioether (sulfide) groups is 1. The van der Waals surface area contributed by atoms with Gasteiger partial charge < -0.3 is 5.32 Å². The highest BCUT2D eigenvalue weighted by atomic mass is 32.2. The SMILES string of the molecule is CNC1C(Sc2cc(C)nn2C)CCC1(C)C. The van der Waals surface area contributed by atoms with Gasteiger partial charge in [0, 0.05) is 18.3 Å². The summed E-state index contributed by atoms with van der Waals surface area (Å²) in [4.78, 5) is 0. The molecule has 1 saturated carbocycles. The van der Waals surface area contributed by atoms with Crippen molar-refractivity contribution in [3.05, 3.63) is 11.8 Å². The molecular formula is C13H23N3S. The van der Waals surface area contributed by atoms with Gasteiger partial charge in [-0.15, -0.1) is 11.8 Å². The van der Waals surface area contributed by atoms with Gasteiger partial charge in [0.15, 0.2) is 0 Å². The van der Waals surface area contributed by atoms with E-state index in [9.17, 15) is 0 Å². The Labute approximate surface area is 108 Å². The third-order valence-corrected chi connectivity index (χ3v) is 5.26. The van der Waals surface area contributed by atoms with Crippen LogP contribution in [0.1, 0.15) is 32.4 Å². The molecule has 0 aliphatic heterocycles. The molecule has 1 N–H and O–H groups in total. The number of rotatable bonds is 3. The molecule has 0 bridgehead atoms. The fourth-order valence-electron chi connectivity index (χ4n) is 2.90. The second kappa shape index (κ2) is 4.65. The van der Waals surface area contributed by atoms with E-state index in [2.05, 4.69) is 44.3 Å². The van der Waals surface area contributed by atoms with Crippen molar-refractivity contribution >= 4 is 11.8 Å². The average Bonchev–Trinajstić information content (AvgIpc) is 2.68. The second-order valence-electron chi connectivity index (χ2n) is 5.70. The van der Waals surface area contributed by atoms with Gasteiger partial charge in [0.25, 0.3) is 0 Å². The van der Waals surface area contributed by atoms with Gasteiger partial charge in [-0.2, -0.15) is 5.10 Å². The van der Waals surface area contributed by atoms with Crippen LogP contribution < -0.4 is 5.32 Å². The first-order chi connectivity index (χ1) is 7.94. The maximum absolute atomic E-state index is 4.42. The molecule has 0 aromatic carbocycles. The lowest BCUT2D eigenvalue weighted by atomic mass is 9.87. The van der Waals surface area contributed by atoms with Crippen LogP contribution in [-0.2, 0) is 7.05 Å². The fraction of sp³-hybridized carbons (Fsp3) is 0.769. The Bertz CT molecular complexity index is 397. The summed E-state index contributed by atoms with van der Waals surface area (Å²) >= 11 is 1.97. The predicted molar refractivity (Wildman–Crippen MR) is 73.5 cm³/mol. The van der Waals surface area contributed by atoms with Gasteiger partial charge in [0.2, 0.25) is 0 Å². The van der Waals surface area contributed by atoms with Crippen molar-refractivity contribution < 1.29 is 0 Å². The molecule has 2 rings (SSSR count). The lowest BCUT2D eigenvalue weighted by Crippen LogP contribution is -2.41. The Hall–Kier alpha value is -0.480. The molecule has 1 fully saturated rings. The van der Waals surface area contributed by atoms with Crippen molar-refractivity contribution in [1.82, 2.24) is 15.1 Å². The van der Waals surface area contributed by atoms with Crippen LogP contribution in [0.2, 0.25) is 0 Å². The topological polar surface area (TPSA) is 29.9 Å². The molecule has 1 aliphatic carbocycles. The molecule has 96 valence electrons. The summed E-state index contributed by atoms with van der Waals surface area (Å²) in [5.74, 6) is 0. The Morgan fingerprint density at radius 1 is 1.53 bits per heavy atom. The van der Waals surface area contributed by atoms with Crippen LogP contribution in [0.4, 0.5) is 0 Å². The molecule has 2 unspecified atom stereocenters. The molecule has 1 heterocycles. The van der Waals surface area contributed by atoms with Gasteiger partial charge in [-0.25, -0.2) is 0 Å². The quantitative estimate of drug-likeness (QED) is 0.898. The van der Waals surface area contributed by atoms with E-state index >= 15 is 0 Å². The van der Waals surface area contributed by atoms with Crippen LogP contribution in [0.15, 0.2) is 11.1 Å². The summed E-state index contributed by atoms with van der Waals surface area (Å²) in [7, 11) is 4.11. The van der Waals surface area contributed by atoms with E-state index in [1.807, 2.05) is 23.5 Å². The first-order valence-corrected chi connectivity index (χ1v) is 7.16. The third-order valence-electron chi connectivity index (χ3n) is 3.83. The Morgan fingerprint density at radius 3 is 2.76 bits per heavy atom. The lowest BCUT2D eigenvalue weighted by Gasteiger charge is -2.30. The van der Waals surface area contributed by atoms with E-state index in [-0.39, 0.29) is 0 Å². The summed E-state index contributed by atoms with van der Waals surface area (Å²) in [5, 5.41) is 9.86. The minimum absolute atomic E-state index is 0.403. The van der Waals surface area contributed by atoms with Gasteiger partial charge in [0.1, 0.15) is 0 Å². The van der Waals surface area contributed by atoms with Crippen LogP contribution in [0, 0.1) is 12.3 Å². The van der Waals surface area contributed by atoms with Crippen molar-refractivity contribution in [3.63, 3.8) is 0 Å². The Kier molecular flexibility index (Phi) is 3.55. The monoisotopic (exact) mass is 253 g/mol. The largest absolute Gasteiger partial charge is 0.315 e. The molecule has 3 nitrogen and oxygen atoms in total. The molecule has 4 heteroatoms. The predicted octanol–water partition coefficient (Wildman–Crippen LogP) is 2.60. The maximum Gasteiger partial charge on any atom is 0.0942 e. The molecule has 1 aromatic rings. The molecular weight excluding hydrogens is 230 g/mol. The third kappa shape index (κ3) is 2.52. The maximum atomic E-state index is 4.42. The Morgan fingerprint density at radius 2 is 2.24 bits per heavy atom. The molecule has 2 atom stereocenters. The van der Waals surface area contributed by atoms with Crippen LogP contribution in [0.25, 0.3) is 0 Å². The van der Waals surface area contributed by atoms with Crippen LogP contribution in [0.3, 0.4) is 0 Å². The van der Waals surface area contributed by atoms with Gasteiger partial charge in [0.05, 0.1) is 10.7 Å². The standard InChI is InChI=1S/C13H23N3S/c1-9-8-11(16(5)15-9)17-10-6-7-13(2,3)12(10)14-4/h8,10,12,14H,6-7H2,1-5H3. The molecule has 1 aliphatic rings. The van der Waals surface area contributed by atoms with Crippen molar-refractivity contribution in [2.24, 2.45) is 12.5 Å². The number of aromatic nitrogens is 2. The lowest BCUT2D eigenvalue weighted by molar-refractivity contribution is 0.300. The smallest absolute Gasteiger partial charge is 0.0942 e. The number of nitrogens with zero attached hydrogens (tertiary/aromatic N) is 2. The molecule has 0 amide bonds. The minimum atomic E-state index is 0.403. The summed E-state index contributed by atoms with van der Waals surface area (Å²) < 4.78 is 2.00. The van der Waals surface area contributed by atoms with E-state index in [0.717, 1.165) is 5.69 Å². The van der Waals surface area contributed by atoms with Gasteiger partial charge in [-0.05, 0) is 38.3 Å². The summed E-state index contributed by atoms with van der Waals surface area (Å²) in [6, 6.07) is 2.77. The molecule has 0 spiro atoms. The first-order valence-electron chi connectivity index (χ1n) is 6.28. The van der Waals surface area contributed by atoms with E-state index in [1.54, 1.807) is 0 Å². The van der Waals surface area contributed by atoms with Crippen LogP contribution in [-0.4, -0.2) is 28.1 Å². The minimum Gasteiger partial charge on any atom is -0.315 e. The molecule has 1 aromatic heterocycles. The van der Waals surface area contributed by atoms with E-state index < -0.39 is 0 Å². The van der Waals surface area contributed by atoms with E-state index in [1.165, 1.54) is 17.9 Å². The summed E-state index contributed by atoms with van der Waals surface area (Å²) in [5.41, 5.74) is 1.51. The van der Waals surface area contributed by atoms with Gasteiger partial charge >= 0.3 is 0 Å². The summed E-state index contributed by atoms with van der Waals surface area (Å²) in [6.45, 7) is 6.78. The molecule has 0 radical (unpaired) electrons. The zero-order valence-corrected chi connectivity index (χ0v) is 12.3. The number of nitrogens with one attached hydrogen (secondary N) is 1. The van der Waals surface area contributed by atoms with E-state index in [0.29, 0.717) is 16.7 Å². The van der Waals surface area contributed by atoms with Gasteiger partial charge in [-0.1, -0.05) is 13.8 Å². The van der Waals surface area contributed by atoms with Crippen molar-refractivity contribution in [2.75, 3.05) is 7.05 Å². The average molecular weight is 253 g/mol. The highest BCUT2D eigenvalue weighted by Crippen LogP contribution is 2.44. The normalized spacial score (nSPS) is 27.6. The summed E-state index contributed by atoms with van der Waals surface area (Å²) in [6.07, 6.45) is 2.58. The highest BCUT2D eigenvalue weighted by Gasteiger charge is 2.41. The highest BCUT2D eigenvalue weighted by molar-refractivity contribution is 8.00. The molecule has 0 saturated heterocycles. The van der Waals surface area contributed by atoms with Crippen LogP contribution >= 0.6 is 11.8 Å². The van der Waals surface area contributed by atoms with Crippen LogP contribution in [0.5, 0.6) is 0 Å². The first kappa shape index (κ1) is 13.0. The second-order valence-corrected chi connectivity index (χ2v) is 6.96. The zero-order valence-electron chi connectivity index (χ0n) is 11.4. The van der Waals surface area contributed by atoms with E-state index in [4.69, 9.17) is 0 Å². The van der Waals surface area contributed by atoms with Gasteiger partial charge in [-0.3, -0.25) is 4.68 Å². The number of hydrogen-bond acceptors (Lipinski definition) is 3. The fourth-order valence-corrected chi connectivity index (χ4v) is 4.51. The van der Waals surface area contributed by atoms with Crippen molar-refractivity contribution in [1.29, 1.82) is 0 Å². The Balaban J connectivity index is 2.12. The van der Waals surface area contributed by atoms with Crippen molar-refractivity contribution in [2.45, 2.75) is 49.9 Å². The van der Waals surface area contributed by atoms with Crippen molar-refractivity contribution in [3.8, 4) is 0 Å².